The van der Waals surface area contributed by atoms with Crippen molar-refractivity contribution in [1.29, 1.82) is 0 Å². The van der Waals surface area contributed by atoms with Gasteiger partial charge in [-0.1, -0.05) is 24.4 Å². The van der Waals surface area contributed by atoms with Crippen molar-refractivity contribution in [3.8, 4) is 11.5 Å². The van der Waals surface area contributed by atoms with Gasteiger partial charge in [-0.3, -0.25) is 24.5 Å². The first-order valence-electron chi connectivity index (χ1n) is 13.3. The minimum atomic E-state index is -0.880. The van der Waals surface area contributed by atoms with Crippen molar-refractivity contribution >= 4 is 11.8 Å². The molecule has 2 fully saturated rings. The number of hydrogen-bond acceptors (Lipinski definition) is 8. The number of carbonyl (C=O) groups excluding carboxylic acids is 2. The minimum absolute atomic E-state index is 0.112. The second-order valence-corrected chi connectivity index (χ2v) is 10.2. The molecule has 3 heterocycles. The number of amides is 2. The van der Waals surface area contributed by atoms with Gasteiger partial charge in [-0.15, -0.1) is 0 Å². The predicted octanol–water partition coefficient (Wildman–Crippen LogP) is 3.44. The molecule has 5 rings (SSSR count). The highest BCUT2D eigenvalue weighted by Crippen LogP contribution is 2.28. The maximum Gasteiger partial charge on any atom is 0.292 e. The third-order valence-electron chi connectivity index (χ3n) is 7.56. The lowest BCUT2D eigenvalue weighted by atomic mass is 9.86. The van der Waals surface area contributed by atoms with Crippen LogP contribution >= 0.6 is 0 Å². The molecule has 0 bridgehead atoms. The minimum Gasteiger partial charge on any atom is -0.348 e. The van der Waals surface area contributed by atoms with E-state index in [1.165, 1.54) is 25.3 Å². The van der Waals surface area contributed by atoms with Crippen LogP contribution in [0.3, 0.4) is 0 Å². The van der Waals surface area contributed by atoms with Crippen LogP contribution in [0, 0.1) is 17.6 Å². The van der Waals surface area contributed by atoms with E-state index in [1.807, 2.05) is 6.92 Å². The van der Waals surface area contributed by atoms with Gasteiger partial charge in [0.2, 0.25) is 5.91 Å². The summed E-state index contributed by atoms with van der Waals surface area (Å²) in [5.41, 5.74) is 0.526. The van der Waals surface area contributed by atoms with Crippen molar-refractivity contribution in [2.45, 2.75) is 63.6 Å². The summed E-state index contributed by atoms with van der Waals surface area (Å²) in [5.74, 6) is -3.51. The summed E-state index contributed by atoms with van der Waals surface area (Å²) in [6.07, 6.45) is 11.1. The number of aromatic nitrogens is 4. The average molecular weight is 540 g/mol. The number of likely N-dealkylation sites (tertiary alicyclic amines) is 1. The zero-order valence-corrected chi connectivity index (χ0v) is 21.6. The summed E-state index contributed by atoms with van der Waals surface area (Å²) in [5, 5.41) is 9.61. The molecule has 3 aromatic rings. The van der Waals surface area contributed by atoms with Gasteiger partial charge in [0.25, 0.3) is 17.6 Å². The van der Waals surface area contributed by atoms with Crippen molar-refractivity contribution in [3.63, 3.8) is 0 Å². The van der Waals surface area contributed by atoms with Gasteiger partial charge >= 0.3 is 0 Å². The largest absolute Gasteiger partial charge is 0.348 e. The molecule has 0 unspecified atom stereocenters. The monoisotopic (exact) mass is 539 g/mol. The molecule has 1 aromatic carbocycles. The fourth-order valence-corrected chi connectivity index (χ4v) is 5.44. The molecule has 10 nitrogen and oxygen atoms in total. The summed E-state index contributed by atoms with van der Waals surface area (Å²) >= 11 is 0. The van der Waals surface area contributed by atoms with Crippen molar-refractivity contribution in [1.82, 2.24) is 35.6 Å². The molecular formula is C27H31F2N7O3. The van der Waals surface area contributed by atoms with Crippen LogP contribution in [-0.2, 0) is 4.79 Å². The molecule has 2 amide bonds. The lowest BCUT2D eigenvalue weighted by molar-refractivity contribution is -0.128. The first-order chi connectivity index (χ1) is 18.9. The van der Waals surface area contributed by atoms with Gasteiger partial charge in [0.15, 0.2) is 0 Å². The molecule has 1 saturated heterocycles. The predicted molar refractivity (Wildman–Crippen MR) is 136 cm³/mol. The summed E-state index contributed by atoms with van der Waals surface area (Å²) in [4.78, 5) is 41.3. The quantitative estimate of drug-likeness (QED) is 0.468. The SMILES string of the molecule is C[C@@H](NC(=O)[C@@H]1CN(C2CCCCC2)CC[C@H]1NC(=O)c1noc(-c2ccc(F)cc2F)n1)c1cnccn1. The highest BCUT2D eigenvalue weighted by Gasteiger charge is 2.39. The number of piperidine rings is 1. The van der Waals surface area contributed by atoms with Crippen LogP contribution in [0.5, 0.6) is 0 Å². The smallest absolute Gasteiger partial charge is 0.292 e. The Kier molecular flexibility index (Phi) is 8.20. The molecule has 1 aliphatic heterocycles. The van der Waals surface area contributed by atoms with Gasteiger partial charge in [0.05, 0.1) is 29.4 Å². The van der Waals surface area contributed by atoms with Crippen LogP contribution in [0.1, 0.15) is 67.8 Å². The third-order valence-corrected chi connectivity index (χ3v) is 7.56. The molecule has 12 heteroatoms. The van der Waals surface area contributed by atoms with Crippen LogP contribution in [-0.4, -0.2) is 62.0 Å². The Bertz CT molecular complexity index is 1300. The highest BCUT2D eigenvalue weighted by molar-refractivity contribution is 5.91. The number of nitrogens with zero attached hydrogens (tertiary/aromatic N) is 5. The zero-order chi connectivity index (χ0) is 27.4. The van der Waals surface area contributed by atoms with E-state index in [0.717, 1.165) is 25.5 Å². The Morgan fingerprint density at radius 1 is 1.13 bits per heavy atom. The van der Waals surface area contributed by atoms with Crippen molar-refractivity contribution in [3.05, 3.63) is 59.9 Å². The maximum absolute atomic E-state index is 14.2. The molecule has 39 heavy (non-hydrogen) atoms. The normalized spacial score (nSPS) is 21.3. The molecule has 1 saturated carbocycles. The number of carbonyl (C=O) groups is 2. The summed E-state index contributed by atoms with van der Waals surface area (Å²) in [6.45, 7) is 3.09. The number of rotatable bonds is 7. The molecule has 2 N–H and O–H groups in total. The molecule has 0 spiro atoms. The van der Waals surface area contributed by atoms with Gasteiger partial charge in [-0.05, 0) is 38.3 Å². The molecule has 0 radical (unpaired) electrons. The summed E-state index contributed by atoms with van der Waals surface area (Å²) in [6, 6.07) is 2.51. The maximum atomic E-state index is 14.2. The molecular weight excluding hydrogens is 508 g/mol. The Morgan fingerprint density at radius 2 is 1.95 bits per heavy atom. The number of hydrogen-bond donors (Lipinski definition) is 2. The van der Waals surface area contributed by atoms with E-state index in [4.69, 9.17) is 4.52 Å². The fourth-order valence-electron chi connectivity index (χ4n) is 5.44. The zero-order valence-electron chi connectivity index (χ0n) is 21.6. The van der Waals surface area contributed by atoms with E-state index < -0.39 is 29.5 Å². The van der Waals surface area contributed by atoms with Crippen molar-refractivity contribution < 1.29 is 22.9 Å². The van der Waals surface area contributed by atoms with Crippen LogP contribution in [0.2, 0.25) is 0 Å². The number of nitrogens with one attached hydrogen (secondary N) is 2. The molecule has 1 aliphatic carbocycles. The molecule has 206 valence electrons. The van der Waals surface area contributed by atoms with Gasteiger partial charge < -0.3 is 15.2 Å². The topological polar surface area (TPSA) is 126 Å². The Balaban J connectivity index is 1.31. The Hall–Kier alpha value is -3.80. The fraction of sp³-hybridized carbons (Fsp3) is 0.481. The van der Waals surface area contributed by atoms with E-state index in [9.17, 15) is 18.4 Å². The third kappa shape index (κ3) is 6.27. The second kappa shape index (κ2) is 11.9. The molecule has 2 aromatic heterocycles. The van der Waals surface area contributed by atoms with E-state index in [0.29, 0.717) is 30.8 Å². The van der Waals surface area contributed by atoms with Crippen molar-refractivity contribution in [2.24, 2.45) is 5.92 Å². The lowest BCUT2D eigenvalue weighted by Crippen LogP contribution is -2.58. The second-order valence-electron chi connectivity index (χ2n) is 10.2. The summed E-state index contributed by atoms with van der Waals surface area (Å²) < 4.78 is 32.5. The number of halogens is 2. The van der Waals surface area contributed by atoms with E-state index in [1.54, 1.807) is 18.6 Å². The van der Waals surface area contributed by atoms with Gasteiger partial charge in [0.1, 0.15) is 11.6 Å². The van der Waals surface area contributed by atoms with Crippen LogP contribution in [0.25, 0.3) is 11.5 Å². The van der Waals surface area contributed by atoms with Crippen LogP contribution in [0.15, 0.2) is 41.3 Å². The highest BCUT2D eigenvalue weighted by atomic mass is 19.1. The van der Waals surface area contributed by atoms with Gasteiger partial charge in [-0.25, -0.2) is 8.78 Å². The first-order valence-corrected chi connectivity index (χ1v) is 13.3. The molecule has 2 aliphatic rings. The van der Waals surface area contributed by atoms with E-state index in [2.05, 4.69) is 35.6 Å². The van der Waals surface area contributed by atoms with Crippen LogP contribution < -0.4 is 10.6 Å². The van der Waals surface area contributed by atoms with Gasteiger partial charge in [0, 0.05) is 43.6 Å². The Labute approximate surface area is 224 Å². The summed E-state index contributed by atoms with van der Waals surface area (Å²) in [7, 11) is 0. The number of benzene rings is 1. The average Bonchev–Trinajstić information content (AvgIpc) is 3.44. The van der Waals surface area contributed by atoms with Crippen molar-refractivity contribution in [2.75, 3.05) is 13.1 Å². The van der Waals surface area contributed by atoms with Crippen LogP contribution in [0.4, 0.5) is 8.78 Å². The lowest BCUT2D eigenvalue weighted by Gasteiger charge is -2.43. The van der Waals surface area contributed by atoms with E-state index in [-0.39, 0.29) is 29.2 Å². The van der Waals surface area contributed by atoms with Gasteiger partial charge in [-0.2, -0.15) is 4.98 Å². The first kappa shape index (κ1) is 26.8. The molecule has 3 atom stereocenters. The van der Waals surface area contributed by atoms with E-state index >= 15 is 0 Å². The standard InChI is InChI=1S/C27H31F2N7O3/c1-16(23-14-30-10-11-31-23)32-25(37)20-15-36(18-5-3-2-4-6-18)12-9-22(20)33-26(38)24-34-27(39-35-24)19-8-7-17(28)13-21(19)29/h7-8,10-11,13-14,16,18,20,22H,2-6,9,12,15H2,1H3,(H,32,37)(H,33,38)/t16-,20-,22-/m1/s1. The Morgan fingerprint density at radius 3 is 2.69 bits per heavy atom.